The van der Waals surface area contributed by atoms with Crippen LogP contribution in [0.5, 0.6) is 5.75 Å². The number of Topliss-reactive ketones (excluding diaryl/α,β-unsaturated/α-hetero) is 1. The number of ketones is 1. The monoisotopic (exact) mass is 276 g/mol. The lowest BCUT2D eigenvalue weighted by Gasteiger charge is -2.23. The molecular formula is C15H20N2O3. The summed E-state index contributed by atoms with van der Waals surface area (Å²) in [6.45, 7) is 5.79. The van der Waals surface area contributed by atoms with Crippen molar-refractivity contribution in [2.45, 2.75) is 45.7 Å². The Morgan fingerprint density at radius 1 is 1.30 bits per heavy atom. The fourth-order valence-corrected chi connectivity index (χ4v) is 2.51. The standard InChI is InChI=1S/C15H20N2O3/c1-8(2)16-9(3)15(20)11-4-6-12(18)14-10(11)5-7-13(19)17-14/h4,6,8-9,16,18H,5,7H2,1-3H3,(H,17,19). The third-order valence-electron chi connectivity index (χ3n) is 3.40. The van der Waals surface area contributed by atoms with Gasteiger partial charge in [0, 0.05) is 18.0 Å². The topological polar surface area (TPSA) is 78.4 Å². The molecule has 2 rings (SSSR count). The van der Waals surface area contributed by atoms with Crippen molar-refractivity contribution in [1.82, 2.24) is 5.32 Å². The Hall–Kier alpha value is -1.88. The fraction of sp³-hybridized carbons (Fsp3) is 0.467. The summed E-state index contributed by atoms with van der Waals surface area (Å²) < 4.78 is 0. The predicted octanol–water partition coefficient (Wildman–Crippen LogP) is 1.85. The smallest absolute Gasteiger partial charge is 0.224 e. The van der Waals surface area contributed by atoms with Gasteiger partial charge < -0.3 is 15.7 Å². The van der Waals surface area contributed by atoms with Crippen LogP contribution < -0.4 is 10.6 Å². The van der Waals surface area contributed by atoms with Crippen molar-refractivity contribution in [2.24, 2.45) is 0 Å². The van der Waals surface area contributed by atoms with E-state index in [-0.39, 0.29) is 29.5 Å². The van der Waals surface area contributed by atoms with Gasteiger partial charge in [-0.05, 0) is 31.0 Å². The van der Waals surface area contributed by atoms with Gasteiger partial charge in [0.05, 0.1) is 11.7 Å². The largest absolute Gasteiger partial charge is 0.506 e. The molecule has 108 valence electrons. The first-order valence-corrected chi connectivity index (χ1v) is 6.85. The molecule has 0 radical (unpaired) electrons. The van der Waals surface area contributed by atoms with E-state index in [2.05, 4.69) is 10.6 Å². The summed E-state index contributed by atoms with van der Waals surface area (Å²) in [6, 6.07) is 2.99. The zero-order valence-corrected chi connectivity index (χ0v) is 12.0. The lowest BCUT2D eigenvalue weighted by atomic mass is 9.92. The fourth-order valence-electron chi connectivity index (χ4n) is 2.51. The molecule has 0 fully saturated rings. The SMILES string of the molecule is CC(C)NC(C)C(=O)c1ccc(O)c2c1CCC(=O)N2. The van der Waals surface area contributed by atoms with Crippen molar-refractivity contribution in [3.63, 3.8) is 0 Å². The third-order valence-corrected chi connectivity index (χ3v) is 3.40. The van der Waals surface area contributed by atoms with Crippen molar-refractivity contribution < 1.29 is 14.7 Å². The number of benzene rings is 1. The first-order chi connectivity index (χ1) is 9.40. The predicted molar refractivity (Wildman–Crippen MR) is 77.1 cm³/mol. The van der Waals surface area contributed by atoms with Gasteiger partial charge in [-0.15, -0.1) is 0 Å². The minimum atomic E-state index is -0.304. The molecule has 3 N–H and O–H groups in total. The Kier molecular flexibility index (Phi) is 4.09. The van der Waals surface area contributed by atoms with Crippen LogP contribution in [0.2, 0.25) is 0 Å². The number of rotatable bonds is 4. The lowest BCUT2D eigenvalue weighted by Crippen LogP contribution is -2.39. The summed E-state index contributed by atoms with van der Waals surface area (Å²) in [6.07, 6.45) is 0.813. The van der Waals surface area contributed by atoms with Crippen LogP contribution in [0, 0.1) is 0 Å². The van der Waals surface area contributed by atoms with Crippen molar-refractivity contribution >= 4 is 17.4 Å². The normalized spacial score (nSPS) is 15.7. The molecule has 0 saturated carbocycles. The Labute approximate surface area is 118 Å². The van der Waals surface area contributed by atoms with Gasteiger partial charge in [0.25, 0.3) is 0 Å². The van der Waals surface area contributed by atoms with E-state index in [1.165, 1.54) is 6.07 Å². The highest BCUT2D eigenvalue weighted by atomic mass is 16.3. The van der Waals surface area contributed by atoms with E-state index in [0.717, 1.165) is 5.56 Å². The van der Waals surface area contributed by atoms with Gasteiger partial charge >= 0.3 is 0 Å². The molecule has 1 heterocycles. The number of nitrogens with one attached hydrogen (secondary N) is 2. The molecule has 0 bridgehead atoms. The summed E-state index contributed by atoms with van der Waals surface area (Å²) in [5, 5.41) is 15.6. The van der Waals surface area contributed by atoms with E-state index in [4.69, 9.17) is 0 Å². The van der Waals surface area contributed by atoms with Crippen molar-refractivity contribution in [3.8, 4) is 5.75 Å². The maximum atomic E-state index is 12.5. The van der Waals surface area contributed by atoms with Crippen LogP contribution in [0.4, 0.5) is 5.69 Å². The van der Waals surface area contributed by atoms with Crippen LogP contribution in [0.15, 0.2) is 12.1 Å². The number of carbonyl (C=O) groups excluding carboxylic acids is 2. The number of phenolic OH excluding ortho intramolecular Hbond substituents is 1. The second-order valence-electron chi connectivity index (χ2n) is 5.44. The number of anilines is 1. The first-order valence-electron chi connectivity index (χ1n) is 6.85. The van der Waals surface area contributed by atoms with E-state index < -0.39 is 0 Å². The van der Waals surface area contributed by atoms with E-state index >= 15 is 0 Å². The molecular weight excluding hydrogens is 256 g/mol. The molecule has 0 aromatic heterocycles. The summed E-state index contributed by atoms with van der Waals surface area (Å²) >= 11 is 0. The van der Waals surface area contributed by atoms with Gasteiger partial charge in [0.1, 0.15) is 5.75 Å². The molecule has 1 aliphatic heterocycles. The molecule has 1 unspecified atom stereocenters. The highest BCUT2D eigenvalue weighted by Crippen LogP contribution is 2.34. The molecule has 5 heteroatoms. The molecule has 1 aromatic carbocycles. The maximum absolute atomic E-state index is 12.5. The van der Waals surface area contributed by atoms with Crippen LogP contribution in [-0.2, 0) is 11.2 Å². The second kappa shape index (κ2) is 5.63. The summed E-state index contributed by atoms with van der Waals surface area (Å²) in [4.78, 5) is 23.9. The Morgan fingerprint density at radius 2 is 2.00 bits per heavy atom. The number of aromatic hydroxyl groups is 1. The Balaban J connectivity index is 2.36. The zero-order chi connectivity index (χ0) is 14.9. The minimum Gasteiger partial charge on any atom is -0.506 e. The molecule has 0 aliphatic carbocycles. The van der Waals surface area contributed by atoms with Crippen molar-refractivity contribution in [2.75, 3.05) is 5.32 Å². The first kappa shape index (κ1) is 14.5. The average molecular weight is 276 g/mol. The van der Waals surface area contributed by atoms with Gasteiger partial charge in [-0.2, -0.15) is 0 Å². The van der Waals surface area contributed by atoms with Crippen LogP contribution in [0.3, 0.4) is 0 Å². The summed E-state index contributed by atoms with van der Waals surface area (Å²) in [7, 11) is 0. The second-order valence-corrected chi connectivity index (χ2v) is 5.44. The van der Waals surface area contributed by atoms with E-state index in [0.29, 0.717) is 24.1 Å². The number of phenols is 1. The molecule has 5 nitrogen and oxygen atoms in total. The quantitative estimate of drug-likeness (QED) is 0.579. The molecule has 0 spiro atoms. The molecule has 1 aliphatic rings. The van der Waals surface area contributed by atoms with Crippen LogP contribution in [-0.4, -0.2) is 28.9 Å². The van der Waals surface area contributed by atoms with Gasteiger partial charge in [-0.1, -0.05) is 13.8 Å². The van der Waals surface area contributed by atoms with E-state index in [1.807, 2.05) is 20.8 Å². The highest BCUT2D eigenvalue weighted by Gasteiger charge is 2.26. The number of hydrogen-bond acceptors (Lipinski definition) is 4. The number of hydrogen-bond donors (Lipinski definition) is 3. The zero-order valence-electron chi connectivity index (χ0n) is 12.0. The molecule has 1 aromatic rings. The van der Waals surface area contributed by atoms with Crippen LogP contribution in [0.25, 0.3) is 0 Å². The Bertz CT molecular complexity index is 552. The summed E-state index contributed by atoms with van der Waals surface area (Å²) in [5.41, 5.74) is 1.68. The molecule has 1 amide bonds. The number of fused-ring (bicyclic) bond motifs is 1. The number of carbonyl (C=O) groups is 2. The number of amides is 1. The van der Waals surface area contributed by atoms with Gasteiger partial charge in [0.2, 0.25) is 5.91 Å². The highest BCUT2D eigenvalue weighted by molar-refractivity contribution is 6.05. The summed E-state index contributed by atoms with van der Waals surface area (Å²) in [5.74, 6) is -0.147. The molecule has 0 saturated heterocycles. The molecule has 1 atom stereocenters. The molecule has 20 heavy (non-hydrogen) atoms. The van der Waals surface area contributed by atoms with E-state index in [1.54, 1.807) is 6.07 Å². The van der Waals surface area contributed by atoms with Gasteiger partial charge in [-0.3, -0.25) is 9.59 Å². The van der Waals surface area contributed by atoms with Crippen LogP contribution in [0.1, 0.15) is 43.1 Å². The lowest BCUT2D eigenvalue weighted by molar-refractivity contribution is -0.116. The van der Waals surface area contributed by atoms with Gasteiger partial charge in [0.15, 0.2) is 5.78 Å². The third kappa shape index (κ3) is 2.82. The maximum Gasteiger partial charge on any atom is 0.224 e. The van der Waals surface area contributed by atoms with Crippen molar-refractivity contribution in [3.05, 3.63) is 23.3 Å². The van der Waals surface area contributed by atoms with E-state index in [9.17, 15) is 14.7 Å². The van der Waals surface area contributed by atoms with Crippen LogP contribution >= 0.6 is 0 Å². The van der Waals surface area contributed by atoms with Gasteiger partial charge in [-0.25, -0.2) is 0 Å². The van der Waals surface area contributed by atoms with Crippen molar-refractivity contribution in [1.29, 1.82) is 0 Å². The minimum absolute atomic E-state index is 0.00840. The Morgan fingerprint density at radius 3 is 2.65 bits per heavy atom. The average Bonchev–Trinajstić information content (AvgIpc) is 2.38.